The lowest BCUT2D eigenvalue weighted by molar-refractivity contribution is 0.624. The third-order valence-corrected chi connectivity index (χ3v) is 2.29. The highest BCUT2D eigenvalue weighted by molar-refractivity contribution is 9.08. The summed E-state index contributed by atoms with van der Waals surface area (Å²) in [6, 6.07) is 4.69. The van der Waals surface area contributed by atoms with Crippen LogP contribution in [-0.2, 0) is 5.33 Å². The molecular weight excluding hydrogens is 244 g/mol. The Morgan fingerprint density at radius 1 is 1.58 bits per heavy atom. The van der Waals surface area contributed by atoms with Crippen LogP contribution < -0.4 is 0 Å². The lowest BCUT2D eigenvalue weighted by Gasteiger charge is -1.99. The fourth-order valence-corrected chi connectivity index (χ4v) is 1.37. The van der Waals surface area contributed by atoms with E-state index in [1.165, 1.54) is 12.1 Å². The first-order valence-electron chi connectivity index (χ1n) is 3.13. The summed E-state index contributed by atoms with van der Waals surface area (Å²) < 4.78 is 12.9. The minimum atomic E-state index is -0.649. The standard InChI is InChI=1S/C8H4BrClFN/c9-3-5-1-6(4-12)8(11)7(10)2-5/h1-2H,3H2. The zero-order valence-electron chi connectivity index (χ0n) is 5.94. The van der Waals surface area contributed by atoms with E-state index in [2.05, 4.69) is 15.9 Å². The van der Waals surface area contributed by atoms with Crippen LogP contribution in [0.25, 0.3) is 0 Å². The first-order chi connectivity index (χ1) is 5.69. The number of halogens is 3. The molecular formula is C8H4BrClFN. The SMILES string of the molecule is N#Cc1cc(CBr)cc(Cl)c1F. The van der Waals surface area contributed by atoms with Crippen LogP contribution in [0.3, 0.4) is 0 Å². The number of hydrogen-bond donors (Lipinski definition) is 0. The second-order valence-corrected chi connectivity index (χ2v) is 3.15. The number of benzene rings is 1. The smallest absolute Gasteiger partial charge is 0.159 e. The van der Waals surface area contributed by atoms with Gasteiger partial charge in [-0.3, -0.25) is 0 Å². The summed E-state index contributed by atoms with van der Waals surface area (Å²) in [6.45, 7) is 0. The highest BCUT2D eigenvalue weighted by atomic mass is 79.9. The van der Waals surface area contributed by atoms with Crippen molar-refractivity contribution in [1.82, 2.24) is 0 Å². The van der Waals surface area contributed by atoms with E-state index >= 15 is 0 Å². The average molecular weight is 248 g/mol. The van der Waals surface area contributed by atoms with E-state index in [1.807, 2.05) is 0 Å². The Bertz CT molecular complexity index is 346. The van der Waals surface area contributed by atoms with Gasteiger partial charge in [-0.15, -0.1) is 0 Å². The molecule has 0 saturated heterocycles. The number of rotatable bonds is 1. The summed E-state index contributed by atoms with van der Waals surface area (Å²) in [5, 5.41) is 9.05. The van der Waals surface area contributed by atoms with Gasteiger partial charge in [0.25, 0.3) is 0 Å². The summed E-state index contributed by atoms with van der Waals surface area (Å²) in [7, 11) is 0. The van der Waals surface area contributed by atoms with Crippen LogP contribution in [-0.4, -0.2) is 0 Å². The number of nitrogens with zero attached hydrogens (tertiary/aromatic N) is 1. The van der Waals surface area contributed by atoms with Crippen LogP contribution in [0.4, 0.5) is 4.39 Å². The highest BCUT2D eigenvalue weighted by Gasteiger charge is 2.07. The lowest BCUT2D eigenvalue weighted by Crippen LogP contribution is -1.88. The molecule has 0 fully saturated rings. The van der Waals surface area contributed by atoms with Gasteiger partial charge in [0.1, 0.15) is 6.07 Å². The van der Waals surface area contributed by atoms with Crippen LogP contribution >= 0.6 is 27.5 Å². The molecule has 1 aromatic carbocycles. The van der Waals surface area contributed by atoms with E-state index in [0.29, 0.717) is 5.33 Å². The summed E-state index contributed by atoms with van der Waals surface area (Å²) in [4.78, 5) is 0. The van der Waals surface area contributed by atoms with Crippen molar-refractivity contribution in [2.45, 2.75) is 5.33 Å². The molecule has 1 rings (SSSR count). The molecule has 0 heterocycles. The zero-order chi connectivity index (χ0) is 9.14. The Hall–Kier alpha value is -0.590. The van der Waals surface area contributed by atoms with Gasteiger partial charge in [-0.05, 0) is 17.7 Å². The molecule has 0 unspecified atom stereocenters. The Morgan fingerprint density at radius 2 is 2.25 bits per heavy atom. The highest BCUT2D eigenvalue weighted by Crippen LogP contribution is 2.21. The van der Waals surface area contributed by atoms with Gasteiger partial charge >= 0.3 is 0 Å². The Labute approximate surface area is 82.9 Å². The maximum atomic E-state index is 12.9. The van der Waals surface area contributed by atoms with E-state index in [0.717, 1.165) is 5.56 Å². The van der Waals surface area contributed by atoms with Crippen molar-refractivity contribution >= 4 is 27.5 Å². The Morgan fingerprint density at radius 3 is 2.75 bits per heavy atom. The van der Waals surface area contributed by atoms with Crippen LogP contribution in [0.2, 0.25) is 5.02 Å². The van der Waals surface area contributed by atoms with Gasteiger partial charge in [0, 0.05) is 5.33 Å². The monoisotopic (exact) mass is 247 g/mol. The molecule has 1 aromatic rings. The first-order valence-corrected chi connectivity index (χ1v) is 4.63. The van der Waals surface area contributed by atoms with Gasteiger partial charge < -0.3 is 0 Å². The van der Waals surface area contributed by atoms with Crippen molar-refractivity contribution in [3.8, 4) is 6.07 Å². The van der Waals surface area contributed by atoms with Gasteiger partial charge in [0.2, 0.25) is 0 Å². The Balaban J connectivity index is 3.31. The maximum absolute atomic E-state index is 12.9. The minimum Gasteiger partial charge on any atom is -0.204 e. The van der Waals surface area contributed by atoms with Gasteiger partial charge in [-0.2, -0.15) is 5.26 Å². The lowest BCUT2D eigenvalue weighted by atomic mass is 10.1. The Kier molecular flexibility index (Phi) is 3.07. The van der Waals surface area contributed by atoms with Crippen molar-refractivity contribution in [3.63, 3.8) is 0 Å². The fourth-order valence-electron chi connectivity index (χ4n) is 0.804. The van der Waals surface area contributed by atoms with E-state index in [9.17, 15) is 4.39 Å². The van der Waals surface area contributed by atoms with Gasteiger partial charge in [-0.25, -0.2) is 4.39 Å². The molecule has 0 saturated carbocycles. The second kappa shape index (κ2) is 3.88. The van der Waals surface area contributed by atoms with Gasteiger partial charge in [0.15, 0.2) is 5.82 Å². The topological polar surface area (TPSA) is 23.8 Å². The summed E-state index contributed by atoms with van der Waals surface area (Å²) in [6.07, 6.45) is 0. The van der Waals surface area contributed by atoms with Crippen molar-refractivity contribution < 1.29 is 4.39 Å². The van der Waals surface area contributed by atoms with Crippen LogP contribution in [0.1, 0.15) is 11.1 Å². The third-order valence-electron chi connectivity index (χ3n) is 1.36. The van der Waals surface area contributed by atoms with Crippen LogP contribution in [0.5, 0.6) is 0 Å². The number of nitriles is 1. The quantitative estimate of drug-likeness (QED) is 0.700. The molecule has 0 bridgehead atoms. The zero-order valence-corrected chi connectivity index (χ0v) is 8.28. The molecule has 0 N–H and O–H groups in total. The van der Waals surface area contributed by atoms with Crippen molar-refractivity contribution in [3.05, 3.63) is 34.1 Å². The molecule has 0 amide bonds. The molecule has 0 spiro atoms. The van der Waals surface area contributed by atoms with E-state index in [1.54, 1.807) is 6.07 Å². The average Bonchev–Trinajstić information content (AvgIpc) is 2.09. The second-order valence-electron chi connectivity index (χ2n) is 2.18. The molecule has 12 heavy (non-hydrogen) atoms. The number of hydrogen-bond acceptors (Lipinski definition) is 1. The van der Waals surface area contributed by atoms with Crippen molar-refractivity contribution in [2.75, 3.05) is 0 Å². The van der Waals surface area contributed by atoms with E-state index in [-0.39, 0.29) is 10.6 Å². The molecule has 1 nitrogen and oxygen atoms in total. The molecule has 0 aromatic heterocycles. The first kappa shape index (κ1) is 9.50. The predicted molar refractivity (Wildman–Crippen MR) is 48.8 cm³/mol. The van der Waals surface area contributed by atoms with E-state index < -0.39 is 5.82 Å². The summed E-state index contributed by atoms with van der Waals surface area (Å²) in [5.74, 6) is -0.649. The normalized spacial score (nSPS) is 9.50. The van der Waals surface area contributed by atoms with Gasteiger partial charge in [-0.1, -0.05) is 27.5 Å². The summed E-state index contributed by atoms with van der Waals surface area (Å²) >= 11 is 8.72. The molecule has 4 heteroatoms. The number of alkyl halides is 1. The molecule has 0 aliphatic carbocycles. The molecule has 0 radical (unpaired) electrons. The van der Waals surface area contributed by atoms with Crippen LogP contribution in [0, 0.1) is 17.1 Å². The maximum Gasteiger partial charge on any atom is 0.159 e. The largest absolute Gasteiger partial charge is 0.204 e. The minimum absolute atomic E-state index is 0.0106. The predicted octanol–water partition coefficient (Wildman–Crippen LogP) is 3.25. The fraction of sp³-hybridized carbons (Fsp3) is 0.125. The van der Waals surface area contributed by atoms with Crippen molar-refractivity contribution in [2.24, 2.45) is 0 Å². The van der Waals surface area contributed by atoms with Gasteiger partial charge in [0.05, 0.1) is 10.6 Å². The third kappa shape index (κ3) is 1.77. The molecule has 0 aliphatic heterocycles. The summed E-state index contributed by atoms with van der Waals surface area (Å²) in [5.41, 5.74) is 0.773. The van der Waals surface area contributed by atoms with Crippen LogP contribution in [0.15, 0.2) is 12.1 Å². The molecule has 0 atom stereocenters. The van der Waals surface area contributed by atoms with Crippen molar-refractivity contribution in [1.29, 1.82) is 5.26 Å². The molecule has 62 valence electrons. The molecule has 0 aliphatic rings. The van der Waals surface area contributed by atoms with E-state index in [4.69, 9.17) is 16.9 Å².